The number of piperidine rings is 1. The van der Waals surface area contributed by atoms with Gasteiger partial charge in [-0.2, -0.15) is 0 Å². The van der Waals surface area contributed by atoms with Crippen molar-refractivity contribution in [3.8, 4) is 0 Å². The molecule has 1 fully saturated rings. The minimum Gasteiger partial charge on any atom is -0.383 e. The Labute approximate surface area is 87.8 Å². The molecule has 3 nitrogen and oxygen atoms in total. The molecule has 0 bridgehead atoms. The molecule has 0 aromatic heterocycles. The smallest absolute Gasteiger partial charge is 0.0615 e. The Balaban J connectivity index is 2.21. The summed E-state index contributed by atoms with van der Waals surface area (Å²) in [6.07, 6.45) is 2.56. The maximum atomic E-state index is 5.17. The molecule has 0 saturated carbocycles. The van der Waals surface area contributed by atoms with Crippen molar-refractivity contribution in [3.05, 3.63) is 0 Å². The van der Waals surface area contributed by atoms with Crippen molar-refractivity contribution in [1.82, 2.24) is 10.2 Å². The Bertz CT molecular complexity index is 144. The maximum absolute atomic E-state index is 5.17. The topological polar surface area (TPSA) is 24.5 Å². The van der Waals surface area contributed by atoms with Crippen molar-refractivity contribution in [1.29, 1.82) is 0 Å². The fourth-order valence-electron chi connectivity index (χ4n) is 2.18. The number of nitrogens with one attached hydrogen (secondary N) is 1. The van der Waals surface area contributed by atoms with Crippen molar-refractivity contribution in [3.63, 3.8) is 0 Å². The third-order valence-corrected chi connectivity index (χ3v) is 3.05. The number of methoxy groups -OCH3 is 1. The van der Waals surface area contributed by atoms with Crippen LogP contribution in [0.15, 0.2) is 0 Å². The number of nitrogens with zero attached hydrogens (tertiary/aromatic N) is 1. The lowest BCUT2D eigenvalue weighted by Gasteiger charge is -2.35. The van der Waals surface area contributed by atoms with E-state index in [1.165, 1.54) is 25.9 Å². The molecule has 84 valence electrons. The summed E-state index contributed by atoms with van der Waals surface area (Å²) in [6, 6.07) is 1.31. The molecule has 1 rings (SSSR count). The SMILES string of the molecule is CCNC1CCN(C(C)COC)CC1. The second-order valence-corrected chi connectivity index (χ2v) is 4.17. The average molecular weight is 200 g/mol. The summed E-state index contributed by atoms with van der Waals surface area (Å²) in [5.41, 5.74) is 0. The summed E-state index contributed by atoms with van der Waals surface area (Å²) in [5, 5.41) is 3.52. The van der Waals surface area contributed by atoms with Gasteiger partial charge in [0.15, 0.2) is 0 Å². The number of rotatable bonds is 5. The summed E-state index contributed by atoms with van der Waals surface area (Å²) < 4.78 is 5.17. The second kappa shape index (κ2) is 6.38. The zero-order valence-electron chi connectivity index (χ0n) is 9.75. The van der Waals surface area contributed by atoms with E-state index in [-0.39, 0.29) is 0 Å². The lowest BCUT2D eigenvalue weighted by Crippen LogP contribution is -2.46. The van der Waals surface area contributed by atoms with Crippen LogP contribution in [-0.2, 0) is 4.74 Å². The van der Waals surface area contributed by atoms with Crippen molar-refractivity contribution in [2.45, 2.75) is 38.8 Å². The molecule has 1 aliphatic heterocycles. The third kappa shape index (κ3) is 3.56. The van der Waals surface area contributed by atoms with Crippen LogP contribution < -0.4 is 5.32 Å². The molecular weight excluding hydrogens is 176 g/mol. The number of hydrogen-bond donors (Lipinski definition) is 1. The summed E-state index contributed by atoms with van der Waals surface area (Å²) in [6.45, 7) is 8.80. The lowest BCUT2D eigenvalue weighted by molar-refractivity contribution is 0.0790. The highest BCUT2D eigenvalue weighted by Gasteiger charge is 2.21. The Morgan fingerprint density at radius 3 is 2.57 bits per heavy atom. The molecule has 0 radical (unpaired) electrons. The quantitative estimate of drug-likeness (QED) is 0.719. The van der Waals surface area contributed by atoms with Crippen LogP contribution in [0.3, 0.4) is 0 Å². The zero-order chi connectivity index (χ0) is 10.4. The van der Waals surface area contributed by atoms with Gasteiger partial charge in [0.2, 0.25) is 0 Å². The molecule has 0 spiro atoms. The molecular formula is C11H24N2O. The number of hydrogen-bond acceptors (Lipinski definition) is 3. The molecule has 0 aliphatic carbocycles. The van der Waals surface area contributed by atoms with Crippen LogP contribution in [-0.4, -0.2) is 50.3 Å². The molecule has 1 N–H and O–H groups in total. The fourth-order valence-corrected chi connectivity index (χ4v) is 2.18. The first-order chi connectivity index (χ1) is 6.77. The third-order valence-electron chi connectivity index (χ3n) is 3.05. The highest BCUT2D eigenvalue weighted by atomic mass is 16.5. The fraction of sp³-hybridized carbons (Fsp3) is 1.00. The van der Waals surface area contributed by atoms with Gasteiger partial charge in [-0.3, -0.25) is 4.90 Å². The summed E-state index contributed by atoms with van der Waals surface area (Å²) in [7, 11) is 1.78. The van der Waals surface area contributed by atoms with E-state index in [2.05, 4.69) is 24.1 Å². The van der Waals surface area contributed by atoms with Gasteiger partial charge in [0.05, 0.1) is 6.61 Å². The monoisotopic (exact) mass is 200 g/mol. The van der Waals surface area contributed by atoms with Crippen LogP contribution in [0.2, 0.25) is 0 Å². The van der Waals surface area contributed by atoms with E-state index in [1.54, 1.807) is 7.11 Å². The largest absolute Gasteiger partial charge is 0.383 e. The molecule has 0 aromatic rings. The second-order valence-electron chi connectivity index (χ2n) is 4.17. The molecule has 1 atom stereocenters. The van der Waals surface area contributed by atoms with Gasteiger partial charge in [0.1, 0.15) is 0 Å². The Hall–Kier alpha value is -0.120. The van der Waals surface area contributed by atoms with Gasteiger partial charge < -0.3 is 10.1 Å². The predicted molar refractivity (Wildman–Crippen MR) is 59.6 cm³/mol. The summed E-state index contributed by atoms with van der Waals surface area (Å²) in [5.74, 6) is 0. The number of ether oxygens (including phenoxy) is 1. The molecule has 0 aromatic carbocycles. The van der Waals surface area contributed by atoms with Gasteiger partial charge in [-0.25, -0.2) is 0 Å². The molecule has 1 heterocycles. The van der Waals surface area contributed by atoms with E-state index < -0.39 is 0 Å². The van der Waals surface area contributed by atoms with Crippen LogP contribution in [0.5, 0.6) is 0 Å². The average Bonchev–Trinajstić information content (AvgIpc) is 2.20. The molecule has 1 aliphatic rings. The van der Waals surface area contributed by atoms with Crippen LogP contribution in [0.4, 0.5) is 0 Å². The molecule has 3 heteroatoms. The van der Waals surface area contributed by atoms with E-state index in [0.717, 1.165) is 19.2 Å². The normalized spacial score (nSPS) is 22.5. The van der Waals surface area contributed by atoms with Crippen LogP contribution in [0.1, 0.15) is 26.7 Å². The van der Waals surface area contributed by atoms with Crippen LogP contribution in [0, 0.1) is 0 Å². The van der Waals surface area contributed by atoms with Crippen LogP contribution in [0.25, 0.3) is 0 Å². The van der Waals surface area contributed by atoms with Crippen molar-refractivity contribution < 1.29 is 4.74 Å². The number of likely N-dealkylation sites (tertiary alicyclic amines) is 1. The minimum atomic E-state index is 0.572. The van der Waals surface area contributed by atoms with Gasteiger partial charge in [0, 0.05) is 19.2 Å². The van der Waals surface area contributed by atoms with Gasteiger partial charge >= 0.3 is 0 Å². The highest BCUT2D eigenvalue weighted by Crippen LogP contribution is 2.13. The van der Waals surface area contributed by atoms with Gasteiger partial charge in [0.25, 0.3) is 0 Å². The molecule has 14 heavy (non-hydrogen) atoms. The first-order valence-electron chi connectivity index (χ1n) is 5.74. The Morgan fingerprint density at radius 2 is 2.07 bits per heavy atom. The van der Waals surface area contributed by atoms with Crippen molar-refractivity contribution >= 4 is 0 Å². The van der Waals surface area contributed by atoms with E-state index in [9.17, 15) is 0 Å². The minimum absolute atomic E-state index is 0.572. The van der Waals surface area contributed by atoms with E-state index >= 15 is 0 Å². The highest BCUT2D eigenvalue weighted by molar-refractivity contribution is 4.79. The molecule has 0 amide bonds. The Kier molecular flexibility index (Phi) is 5.45. The van der Waals surface area contributed by atoms with E-state index in [1.807, 2.05) is 0 Å². The molecule has 1 unspecified atom stereocenters. The Morgan fingerprint density at radius 1 is 1.43 bits per heavy atom. The van der Waals surface area contributed by atoms with E-state index in [0.29, 0.717) is 6.04 Å². The van der Waals surface area contributed by atoms with Gasteiger partial charge in [-0.1, -0.05) is 6.92 Å². The van der Waals surface area contributed by atoms with Crippen LogP contribution >= 0.6 is 0 Å². The molecule has 1 saturated heterocycles. The first kappa shape index (κ1) is 12.0. The summed E-state index contributed by atoms with van der Waals surface area (Å²) in [4.78, 5) is 2.53. The van der Waals surface area contributed by atoms with Gasteiger partial charge in [-0.15, -0.1) is 0 Å². The standard InChI is InChI=1S/C11H24N2O/c1-4-12-11-5-7-13(8-6-11)10(2)9-14-3/h10-12H,4-9H2,1-3H3. The zero-order valence-corrected chi connectivity index (χ0v) is 9.75. The lowest BCUT2D eigenvalue weighted by atomic mass is 10.0. The van der Waals surface area contributed by atoms with Crippen molar-refractivity contribution in [2.24, 2.45) is 0 Å². The first-order valence-corrected chi connectivity index (χ1v) is 5.74. The predicted octanol–water partition coefficient (Wildman–Crippen LogP) is 1.10. The van der Waals surface area contributed by atoms with E-state index in [4.69, 9.17) is 4.74 Å². The van der Waals surface area contributed by atoms with Crippen molar-refractivity contribution in [2.75, 3.05) is 33.4 Å². The summed E-state index contributed by atoms with van der Waals surface area (Å²) >= 11 is 0. The van der Waals surface area contributed by atoms with Gasteiger partial charge in [-0.05, 0) is 39.4 Å². The maximum Gasteiger partial charge on any atom is 0.0615 e.